The van der Waals surface area contributed by atoms with Gasteiger partial charge in [-0.3, -0.25) is 4.79 Å². The van der Waals surface area contributed by atoms with Crippen molar-refractivity contribution in [1.82, 2.24) is 10.6 Å². The summed E-state index contributed by atoms with van der Waals surface area (Å²) >= 11 is 0. The molecule has 118 valence electrons. The second-order valence-electron chi connectivity index (χ2n) is 6.28. The number of hydrogen-bond acceptors (Lipinski definition) is 2. The van der Waals surface area contributed by atoms with E-state index >= 15 is 0 Å². The molecule has 3 heteroatoms. The van der Waals surface area contributed by atoms with Crippen LogP contribution in [0, 0.1) is 11.8 Å². The van der Waals surface area contributed by atoms with Crippen LogP contribution in [-0.4, -0.2) is 19.0 Å². The van der Waals surface area contributed by atoms with E-state index in [1.54, 1.807) is 0 Å². The first-order valence-corrected chi connectivity index (χ1v) is 8.04. The topological polar surface area (TPSA) is 41.1 Å². The monoisotopic (exact) mass is 290 g/mol. The molecule has 0 saturated heterocycles. The molecular weight excluding hydrogens is 260 g/mol. The average molecular weight is 290 g/mol. The molecule has 0 aliphatic rings. The van der Waals surface area contributed by atoms with Gasteiger partial charge in [0.15, 0.2) is 0 Å². The van der Waals surface area contributed by atoms with E-state index in [0.29, 0.717) is 5.92 Å². The lowest BCUT2D eigenvalue weighted by atomic mass is 9.99. The molecule has 1 rings (SSSR count). The van der Waals surface area contributed by atoms with Gasteiger partial charge in [-0.05, 0) is 36.9 Å². The summed E-state index contributed by atoms with van der Waals surface area (Å²) in [5.74, 6) is 0.766. The van der Waals surface area contributed by atoms with Gasteiger partial charge in [0.05, 0.1) is 6.04 Å². The molecule has 0 fully saturated rings. The van der Waals surface area contributed by atoms with E-state index < -0.39 is 0 Å². The molecule has 1 aromatic rings. The van der Waals surface area contributed by atoms with Crippen molar-refractivity contribution < 1.29 is 4.79 Å². The maximum atomic E-state index is 12.1. The van der Waals surface area contributed by atoms with E-state index in [1.165, 1.54) is 5.56 Å². The predicted molar refractivity (Wildman–Crippen MR) is 89.2 cm³/mol. The van der Waals surface area contributed by atoms with Crippen molar-refractivity contribution in [3.8, 4) is 0 Å². The maximum absolute atomic E-state index is 12.1. The zero-order chi connectivity index (χ0) is 15.8. The molecule has 0 aromatic heterocycles. The van der Waals surface area contributed by atoms with Crippen LogP contribution in [0.4, 0.5) is 0 Å². The first-order chi connectivity index (χ1) is 9.93. The fourth-order valence-electron chi connectivity index (χ4n) is 2.31. The lowest BCUT2D eigenvalue weighted by molar-refractivity contribution is -0.125. The number of nitrogens with one attached hydrogen (secondary N) is 2. The largest absolute Gasteiger partial charge is 0.349 e. The minimum atomic E-state index is -0.00684. The summed E-state index contributed by atoms with van der Waals surface area (Å²) in [6.45, 7) is 12.1. The molecule has 0 aliphatic heterocycles. The summed E-state index contributed by atoms with van der Waals surface area (Å²) < 4.78 is 0. The number of hydrogen-bond donors (Lipinski definition) is 2. The number of amides is 1. The lowest BCUT2D eigenvalue weighted by Crippen LogP contribution is -2.36. The standard InChI is InChI=1S/C18H30N2O/c1-6-19-12-14(4)18(21)20-15(5)17-9-7-16(8-10-17)11-13(2)3/h7-10,13-15,19H,6,11-12H2,1-5H3,(H,20,21). The number of rotatable bonds is 8. The van der Waals surface area contributed by atoms with Crippen molar-refractivity contribution in [1.29, 1.82) is 0 Å². The normalized spacial score (nSPS) is 14.0. The van der Waals surface area contributed by atoms with Gasteiger partial charge in [0, 0.05) is 12.5 Å². The van der Waals surface area contributed by atoms with E-state index in [9.17, 15) is 4.79 Å². The first kappa shape index (κ1) is 17.7. The molecule has 0 aliphatic carbocycles. The highest BCUT2D eigenvalue weighted by molar-refractivity contribution is 5.78. The van der Waals surface area contributed by atoms with Crippen LogP contribution in [0.15, 0.2) is 24.3 Å². The maximum Gasteiger partial charge on any atom is 0.224 e. The molecule has 0 heterocycles. The summed E-state index contributed by atoms with van der Waals surface area (Å²) in [5.41, 5.74) is 2.51. The van der Waals surface area contributed by atoms with Crippen LogP contribution < -0.4 is 10.6 Å². The highest BCUT2D eigenvalue weighted by Gasteiger charge is 2.15. The summed E-state index contributed by atoms with van der Waals surface area (Å²) in [6.07, 6.45) is 1.10. The van der Waals surface area contributed by atoms with Crippen LogP contribution in [-0.2, 0) is 11.2 Å². The number of carbonyl (C=O) groups is 1. The van der Waals surface area contributed by atoms with Crippen molar-refractivity contribution in [2.24, 2.45) is 11.8 Å². The van der Waals surface area contributed by atoms with Gasteiger partial charge in [-0.1, -0.05) is 52.0 Å². The van der Waals surface area contributed by atoms with Gasteiger partial charge in [-0.2, -0.15) is 0 Å². The third-order valence-electron chi connectivity index (χ3n) is 3.63. The minimum Gasteiger partial charge on any atom is -0.349 e. The average Bonchev–Trinajstić information content (AvgIpc) is 2.44. The Bertz CT molecular complexity index is 425. The van der Waals surface area contributed by atoms with Crippen LogP contribution >= 0.6 is 0 Å². The molecule has 0 bridgehead atoms. The second kappa shape index (κ2) is 8.83. The van der Waals surface area contributed by atoms with E-state index in [0.717, 1.165) is 25.1 Å². The van der Waals surface area contributed by atoms with Gasteiger partial charge in [0.25, 0.3) is 0 Å². The molecular formula is C18H30N2O. The van der Waals surface area contributed by atoms with E-state index in [4.69, 9.17) is 0 Å². The van der Waals surface area contributed by atoms with Gasteiger partial charge >= 0.3 is 0 Å². The van der Waals surface area contributed by atoms with Crippen molar-refractivity contribution in [3.05, 3.63) is 35.4 Å². The minimum absolute atomic E-state index is 0.00684. The Balaban J connectivity index is 2.54. The molecule has 2 unspecified atom stereocenters. The Labute approximate surface area is 129 Å². The van der Waals surface area contributed by atoms with Crippen LogP contribution in [0.2, 0.25) is 0 Å². The van der Waals surface area contributed by atoms with Crippen molar-refractivity contribution in [2.75, 3.05) is 13.1 Å². The molecule has 21 heavy (non-hydrogen) atoms. The summed E-state index contributed by atoms with van der Waals surface area (Å²) in [4.78, 5) is 12.1. The molecule has 2 atom stereocenters. The third-order valence-corrected chi connectivity index (χ3v) is 3.63. The molecule has 1 aromatic carbocycles. The smallest absolute Gasteiger partial charge is 0.224 e. The van der Waals surface area contributed by atoms with Crippen LogP contribution in [0.1, 0.15) is 51.8 Å². The van der Waals surface area contributed by atoms with Crippen molar-refractivity contribution in [3.63, 3.8) is 0 Å². The van der Waals surface area contributed by atoms with Gasteiger partial charge in [0.2, 0.25) is 5.91 Å². The quantitative estimate of drug-likeness (QED) is 0.771. The Morgan fingerprint density at radius 1 is 1.10 bits per heavy atom. The van der Waals surface area contributed by atoms with Gasteiger partial charge < -0.3 is 10.6 Å². The fraction of sp³-hybridized carbons (Fsp3) is 0.611. The molecule has 3 nitrogen and oxygen atoms in total. The van der Waals surface area contributed by atoms with Gasteiger partial charge in [-0.25, -0.2) is 0 Å². The molecule has 0 spiro atoms. The van der Waals surface area contributed by atoms with Crippen LogP contribution in [0.5, 0.6) is 0 Å². The van der Waals surface area contributed by atoms with E-state index in [1.807, 2.05) is 20.8 Å². The Morgan fingerprint density at radius 2 is 1.71 bits per heavy atom. The molecule has 0 radical (unpaired) electrons. The van der Waals surface area contributed by atoms with Crippen molar-refractivity contribution in [2.45, 2.75) is 47.1 Å². The zero-order valence-electron chi connectivity index (χ0n) is 14.1. The van der Waals surface area contributed by atoms with E-state index in [-0.39, 0.29) is 17.9 Å². The first-order valence-electron chi connectivity index (χ1n) is 8.04. The van der Waals surface area contributed by atoms with E-state index in [2.05, 4.69) is 48.7 Å². The van der Waals surface area contributed by atoms with Crippen LogP contribution in [0.3, 0.4) is 0 Å². The van der Waals surface area contributed by atoms with Gasteiger partial charge in [0.1, 0.15) is 0 Å². The molecule has 1 amide bonds. The fourth-order valence-corrected chi connectivity index (χ4v) is 2.31. The third kappa shape index (κ3) is 6.30. The highest BCUT2D eigenvalue weighted by atomic mass is 16.1. The highest BCUT2D eigenvalue weighted by Crippen LogP contribution is 2.16. The Morgan fingerprint density at radius 3 is 2.24 bits per heavy atom. The predicted octanol–water partition coefficient (Wildman–Crippen LogP) is 3.31. The Hall–Kier alpha value is -1.35. The SMILES string of the molecule is CCNCC(C)C(=O)NC(C)c1ccc(CC(C)C)cc1. The van der Waals surface area contributed by atoms with Crippen LogP contribution in [0.25, 0.3) is 0 Å². The zero-order valence-corrected chi connectivity index (χ0v) is 14.1. The summed E-state index contributed by atoms with van der Waals surface area (Å²) in [5, 5.41) is 6.29. The van der Waals surface area contributed by atoms with Gasteiger partial charge in [-0.15, -0.1) is 0 Å². The lowest BCUT2D eigenvalue weighted by Gasteiger charge is -2.18. The molecule has 0 saturated carbocycles. The van der Waals surface area contributed by atoms with Crippen molar-refractivity contribution >= 4 is 5.91 Å². The Kier molecular flexibility index (Phi) is 7.44. The second-order valence-corrected chi connectivity index (χ2v) is 6.28. The number of carbonyl (C=O) groups excluding carboxylic acids is 1. The summed E-state index contributed by atoms with van der Waals surface area (Å²) in [6, 6.07) is 8.63. The summed E-state index contributed by atoms with van der Waals surface area (Å²) in [7, 11) is 0. The number of benzene rings is 1. The molecule has 2 N–H and O–H groups in total.